The minimum Gasteiger partial charge on any atom is -0.207 e. The first-order chi connectivity index (χ1) is 15.0. The Hall–Kier alpha value is -3.09. The molecule has 0 fully saturated rings. The average molecular weight is 452 g/mol. The summed E-state index contributed by atoms with van der Waals surface area (Å²) < 4.78 is 96.5. The molecular weight excluding hydrogens is 433 g/mol. The van der Waals surface area contributed by atoms with E-state index in [1.165, 1.54) is 24.3 Å². The second-order valence-electron chi connectivity index (χ2n) is 7.45. The van der Waals surface area contributed by atoms with Crippen LogP contribution in [0.2, 0.25) is 0 Å². The van der Waals surface area contributed by atoms with Gasteiger partial charge in [-0.2, -0.15) is 13.2 Å². The molecule has 3 rings (SSSR count). The number of alkyl halides is 3. The van der Waals surface area contributed by atoms with Crippen LogP contribution in [0.15, 0.2) is 61.2 Å². The van der Waals surface area contributed by atoms with Gasteiger partial charge in [0.05, 0.1) is 5.92 Å². The summed E-state index contributed by atoms with van der Waals surface area (Å²) in [6.07, 6.45) is -1.84. The van der Waals surface area contributed by atoms with Gasteiger partial charge in [-0.1, -0.05) is 30.3 Å². The van der Waals surface area contributed by atoms with Crippen molar-refractivity contribution >= 4 is 0 Å². The van der Waals surface area contributed by atoms with Gasteiger partial charge in [0, 0.05) is 16.7 Å². The number of hydrogen-bond donors (Lipinski definition) is 0. The van der Waals surface area contributed by atoms with Gasteiger partial charge in [0.1, 0.15) is 23.3 Å². The summed E-state index contributed by atoms with van der Waals surface area (Å²) in [7, 11) is 0. The van der Waals surface area contributed by atoms with Crippen molar-refractivity contribution in [3.63, 3.8) is 0 Å². The molecule has 0 aliphatic heterocycles. The molecule has 0 amide bonds. The molecular formula is C25H19F7. The molecule has 3 aromatic carbocycles. The predicted octanol–water partition coefficient (Wildman–Crippen LogP) is 8.36. The fourth-order valence-electron chi connectivity index (χ4n) is 3.45. The molecule has 32 heavy (non-hydrogen) atoms. The lowest BCUT2D eigenvalue weighted by Gasteiger charge is -2.18. The molecule has 7 heteroatoms. The van der Waals surface area contributed by atoms with E-state index in [2.05, 4.69) is 6.58 Å². The lowest BCUT2D eigenvalue weighted by atomic mass is 9.94. The van der Waals surface area contributed by atoms with Crippen LogP contribution >= 0.6 is 0 Å². The van der Waals surface area contributed by atoms with E-state index in [0.29, 0.717) is 31.9 Å². The average Bonchev–Trinajstić information content (AvgIpc) is 2.71. The topological polar surface area (TPSA) is 0 Å². The van der Waals surface area contributed by atoms with Crippen molar-refractivity contribution < 1.29 is 30.7 Å². The van der Waals surface area contributed by atoms with E-state index in [-0.39, 0.29) is 22.3 Å². The molecule has 0 aliphatic rings. The van der Waals surface area contributed by atoms with Crippen LogP contribution in [0.5, 0.6) is 0 Å². The zero-order valence-corrected chi connectivity index (χ0v) is 17.0. The molecule has 0 nitrogen and oxygen atoms in total. The molecule has 0 aliphatic carbocycles. The number of aryl methyl sites for hydroxylation is 1. The summed E-state index contributed by atoms with van der Waals surface area (Å²) in [5.74, 6) is -6.65. The standard InChI is InChI=1S/C25H19F7/c1-3-4-5-15-6-8-18(20(26)10-15)16-7-9-19(21(27)11-16)17-12-22(28)24(23(29)13-17)14(2)25(30,31)32/h3,6-14H,1,4-5H2,2H3. The van der Waals surface area contributed by atoms with Crippen molar-refractivity contribution in [1.82, 2.24) is 0 Å². The van der Waals surface area contributed by atoms with Crippen LogP contribution < -0.4 is 0 Å². The predicted molar refractivity (Wildman–Crippen MR) is 110 cm³/mol. The monoisotopic (exact) mass is 452 g/mol. The van der Waals surface area contributed by atoms with E-state index in [9.17, 15) is 30.7 Å². The van der Waals surface area contributed by atoms with Crippen LogP contribution in [0.1, 0.15) is 30.4 Å². The Morgan fingerprint density at radius 3 is 1.84 bits per heavy atom. The third-order valence-corrected chi connectivity index (χ3v) is 5.26. The van der Waals surface area contributed by atoms with Crippen LogP contribution in [0.4, 0.5) is 30.7 Å². The molecule has 1 atom stereocenters. The van der Waals surface area contributed by atoms with Gasteiger partial charge in [0.15, 0.2) is 0 Å². The smallest absolute Gasteiger partial charge is 0.207 e. The molecule has 0 radical (unpaired) electrons. The van der Waals surface area contributed by atoms with Crippen molar-refractivity contribution in [1.29, 1.82) is 0 Å². The van der Waals surface area contributed by atoms with Gasteiger partial charge in [0.2, 0.25) is 0 Å². The Morgan fingerprint density at radius 2 is 1.31 bits per heavy atom. The van der Waals surface area contributed by atoms with Crippen molar-refractivity contribution in [2.45, 2.75) is 31.9 Å². The van der Waals surface area contributed by atoms with Crippen LogP contribution in [0, 0.1) is 23.3 Å². The summed E-state index contributed by atoms with van der Waals surface area (Å²) >= 11 is 0. The Labute approximate surface area is 181 Å². The summed E-state index contributed by atoms with van der Waals surface area (Å²) in [5, 5.41) is 0. The third-order valence-electron chi connectivity index (χ3n) is 5.26. The van der Waals surface area contributed by atoms with Gasteiger partial charge in [-0.05, 0) is 60.7 Å². The molecule has 0 spiro atoms. The largest absolute Gasteiger partial charge is 0.395 e. The first-order valence-corrected chi connectivity index (χ1v) is 9.78. The molecule has 0 saturated heterocycles. The number of benzene rings is 3. The van der Waals surface area contributed by atoms with Crippen molar-refractivity contribution in [3.8, 4) is 22.3 Å². The highest BCUT2D eigenvalue weighted by Crippen LogP contribution is 2.39. The van der Waals surface area contributed by atoms with Gasteiger partial charge < -0.3 is 0 Å². The lowest BCUT2D eigenvalue weighted by molar-refractivity contribution is -0.147. The van der Waals surface area contributed by atoms with E-state index < -0.39 is 40.9 Å². The lowest BCUT2D eigenvalue weighted by Crippen LogP contribution is -2.20. The maximum atomic E-state index is 14.8. The zero-order chi connectivity index (χ0) is 23.6. The maximum Gasteiger partial charge on any atom is 0.395 e. The van der Waals surface area contributed by atoms with Crippen molar-refractivity contribution in [3.05, 3.63) is 95.6 Å². The SMILES string of the molecule is C=CCCc1ccc(-c2ccc(-c3cc(F)c(C(C)C(F)(F)F)c(F)c3)c(F)c2)c(F)c1. The Kier molecular flexibility index (Phi) is 6.77. The zero-order valence-electron chi connectivity index (χ0n) is 17.0. The first kappa shape index (κ1) is 23.6. The minimum atomic E-state index is -4.83. The molecule has 3 aromatic rings. The molecule has 0 heterocycles. The second-order valence-corrected chi connectivity index (χ2v) is 7.45. The molecule has 0 aromatic heterocycles. The fourth-order valence-corrected chi connectivity index (χ4v) is 3.45. The summed E-state index contributed by atoms with van der Waals surface area (Å²) in [4.78, 5) is 0. The fraction of sp³-hybridized carbons (Fsp3) is 0.200. The highest BCUT2D eigenvalue weighted by molar-refractivity contribution is 5.72. The Morgan fingerprint density at radius 1 is 0.781 bits per heavy atom. The molecule has 168 valence electrons. The number of rotatable bonds is 6. The van der Waals surface area contributed by atoms with Crippen LogP contribution in [-0.2, 0) is 6.42 Å². The number of allylic oxidation sites excluding steroid dienone is 1. The molecule has 1 unspecified atom stereocenters. The second kappa shape index (κ2) is 9.18. The normalized spacial score (nSPS) is 12.6. The van der Waals surface area contributed by atoms with Crippen LogP contribution in [-0.4, -0.2) is 6.18 Å². The van der Waals surface area contributed by atoms with Crippen LogP contribution in [0.3, 0.4) is 0 Å². The van der Waals surface area contributed by atoms with Crippen molar-refractivity contribution in [2.24, 2.45) is 0 Å². The molecule has 0 N–H and O–H groups in total. The summed E-state index contributed by atoms with van der Waals surface area (Å²) in [6.45, 7) is 4.26. The number of halogens is 7. The summed E-state index contributed by atoms with van der Waals surface area (Å²) in [6, 6.07) is 9.48. The van der Waals surface area contributed by atoms with Gasteiger partial charge in [-0.25, -0.2) is 17.6 Å². The molecule has 0 saturated carbocycles. The summed E-state index contributed by atoms with van der Waals surface area (Å²) in [5.41, 5.74) is -0.505. The van der Waals surface area contributed by atoms with Gasteiger partial charge in [0.25, 0.3) is 0 Å². The van der Waals surface area contributed by atoms with E-state index in [0.717, 1.165) is 11.6 Å². The van der Waals surface area contributed by atoms with E-state index in [1.807, 2.05) is 0 Å². The van der Waals surface area contributed by atoms with Crippen LogP contribution in [0.25, 0.3) is 22.3 Å². The minimum absolute atomic E-state index is 0.143. The third kappa shape index (κ3) is 4.87. The van der Waals surface area contributed by atoms with E-state index in [4.69, 9.17) is 0 Å². The van der Waals surface area contributed by atoms with Gasteiger partial charge >= 0.3 is 6.18 Å². The Balaban J connectivity index is 1.96. The molecule has 0 bridgehead atoms. The van der Waals surface area contributed by atoms with Gasteiger partial charge in [-0.15, -0.1) is 6.58 Å². The van der Waals surface area contributed by atoms with Gasteiger partial charge in [-0.3, -0.25) is 0 Å². The van der Waals surface area contributed by atoms with Crippen molar-refractivity contribution in [2.75, 3.05) is 0 Å². The van der Waals surface area contributed by atoms with E-state index >= 15 is 0 Å². The highest BCUT2D eigenvalue weighted by Gasteiger charge is 2.40. The highest BCUT2D eigenvalue weighted by atomic mass is 19.4. The first-order valence-electron chi connectivity index (χ1n) is 9.78. The van der Waals surface area contributed by atoms with E-state index in [1.54, 1.807) is 12.1 Å². The Bertz CT molecular complexity index is 1120. The maximum absolute atomic E-state index is 14.8. The number of hydrogen-bond acceptors (Lipinski definition) is 0. The quantitative estimate of drug-likeness (QED) is 0.260.